The molecule has 1 aromatic heterocycles. The average Bonchev–Trinajstić information content (AvgIpc) is 2.80. The summed E-state index contributed by atoms with van der Waals surface area (Å²) >= 11 is 6.41. The van der Waals surface area contributed by atoms with Gasteiger partial charge in [0.05, 0.1) is 5.02 Å². The molecule has 1 fully saturated rings. The molecular formula is C17H21ClN2O2. The summed E-state index contributed by atoms with van der Waals surface area (Å²) in [4.78, 5) is 12.7. The quantitative estimate of drug-likeness (QED) is 0.913. The number of amides is 1. The van der Waals surface area contributed by atoms with Gasteiger partial charge in [-0.25, -0.2) is 0 Å². The van der Waals surface area contributed by atoms with E-state index in [4.69, 9.17) is 11.6 Å². The molecule has 0 saturated heterocycles. The summed E-state index contributed by atoms with van der Waals surface area (Å²) in [6.45, 7) is 0.119. The van der Waals surface area contributed by atoms with Gasteiger partial charge in [0.25, 0.3) is 5.91 Å². The van der Waals surface area contributed by atoms with Crippen molar-refractivity contribution in [3.05, 3.63) is 35.0 Å². The molecule has 1 aromatic carbocycles. The van der Waals surface area contributed by atoms with E-state index in [2.05, 4.69) is 5.32 Å². The van der Waals surface area contributed by atoms with Crippen LogP contribution in [0.5, 0.6) is 0 Å². The van der Waals surface area contributed by atoms with Crippen molar-refractivity contribution in [3.63, 3.8) is 0 Å². The summed E-state index contributed by atoms with van der Waals surface area (Å²) in [5, 5.41) is 13.9. The minimum absolute atomic E-state index is 0.0281. The molecule has 118 valence electrons. The molecule has 0 radical (unpaired) electrons. The number of aromatic nitrogens is 1. The Labute approximate surface area is 135 Å². The van der Waals surface area contributed by atoms with Gasteiger partial charge in [0.15, 0.2) is 0 Å². The van der Waals surface area contributed by atoms with Crippen molar-refractivity contribution in [2.24, 2.45) is 13.0 Å². The normalized spacial score (nSPS) is 22.0. The number of nitrogens with zero attached hydrogens (tertiary/aromatic N) is 1. The number of benzene rings is 1. The number of carbonyl (C=O) groups excluding carboxylic acids is 1. The molecule has 0 aliphatic heterocycles. The second-order valence-corrected chi connectivity index (χ2v) is 6.42. The molecular weight excluding hydrogens is 300 g/mol. The van der Waals surface area contributed by atoms with Crippen LogP contribution in [-0.2, 0) is 7.05 Å². The summed E-state index contributed by atoms with van der Waals surface area (Å²) in [5.74, 6) is -0.0137. The number of aliphatic hydroxyl groups is 1. The second-order valence-electron chi connectivity index (χ2n) is 6.05. The van der Waals surface area contributed by atoms with Crippen molar-refractivity contribution < 1.29 is 9.90 Å². The minimum atomic E-state index is -0.158. The molecule has 4 nitrogen and oxygen atoms in total. The van der Waals surface area contributed by atoms with Gasteiger partial charge in [-0.05, 0) is 18.9 Å². The van der Waals surface area contributed by atoms with E-state index in [1.54, 1.807) is 0 Å². The number of para-hydroxylation sites is 1. The summed E-state index contributed by atoms with van der Waals surface area (Å²) < 4.78 is 1.84. The van der Waals surface area contributed by atoms with E-state index in [1.165, 1.54) is 0 Å². The Morgan fingerprint density at radius 3 is 2.82 bits per heavy atom. The maximum Gasteiger partial charge on any atom is 0.269 e. The van der Waals surface area contributed by atoms with E-state index in [0.29, 0.717) is 10.7 Å². The Bertz CT molecular complexity index is 656. The highest BCUT2D eigenvalue weighted by Crippen LogP contribution is 2.30. The summed E-state index contributed by atoms with van der Waals surface area (Å²) in [6, 6.07) is 7.75. The molecule has 0 spiro atoms. The first-order valence-corrected chi connectivity index (χ1v) is 8.16. The lowest BCUT2D eigenvalue weighted by molar-refractivity contribution is 0.0865. The summed E-state index contributed by atoms with van der Waals surface area (Å²) in [7, 11) is 1.85. The molecule has 3 rings (SSSR count). The monoisotopic (exact) mass is 320 g/mol. The van der Waals surface area contributed by atoms with Gasteiger partial charge in [-0.3, -0.25) is 4.79 Å². The zero-order chi connectivity index (χ0) is 15.7. The number of fused-ring (bicyclic) bond motifs is 1. The van der Waals surface area contributed by atoms with Crippen LogP contribution in [0.2, 0.25) is 5.02 Å². The molecule has 2 aromatic rings. The molecule has 2 atom stereocenters. The van der Waals surface area contributed by atoms with E-state index < -0.39 is 0 Å². The van der Waals surface area contributed by atoms with Crippen LogP contribution in [-0.4, -0.2) is 28.2 Å². The van der Waals surface area contributed by atoms with Crippen molar-refractivity contribution in [2.75, 3.05) is 6.61 Å². The van der Waals surface area contributed by atoms with Gasteiger partial charge in [0.2, 0.25) is 0 Å². The summed E-state index contributed by atoms with van der Waals surface area (Å²) in [6.07, 6.45) is 4.08. The largest absolute Gasteiger partial charge is 0.396 e. The van der Waals surface area contributed by atoms with Crippen LogP contribution in [0.25, 0.3) is 10.9 Å². The Balaban J connectivity index is 1.89. The molecule has 22 heavy (non-hydrogen) atoms. The van der Waals surface area contributed by atoms with E-state index in [-0.39, 0.29) is 24.5 Å². The number of nitrogens with one attached hydrogen (secondary N) is 1. The molecule has 0 bridgehead atoms. The highest BCUT2D eigenvalue weighted by Gasteiger charge is 2.28. The molecule has 2 unspecified atom stereocenters. The van der Waals surface area contributed by atoms with E-state index in [0.717, 1.165) is 36.6 Å². The SMILES string of the molecule is Cn1c(C(=O)NC2CCCCC2CO)c(Cl)c2ccccc21. The van der Waals surface area contributed by atoms with Gasteiger partial charge < -0.3 is 15.0 Å². The number of rotatable bonds is 3. The average molecular weight is 321 g/mol. The number of carbonyl (C=O) groups is 1. The van der Waals surface area contributed by atoms with Crippen molar-refractivity contribution in [1.82, 2.24) is 9.88 Å². The fraction of sp³-hybridized carbons (Fsp3) is 0.471. The fourth-order valence-corrected chi connectivity index (χ4v) is 3.82. The molecule has 1 saturated carbocycles. The predicted molar refractivity (Wildman–Crippen MR) is 88.2 cm³/mol. The van der Waals surface area contributed by atoms with Crippen LogP contribution in [0.1, 0.15) is 36.2 Å². The van der Waals surface area contributed by atoms with Crippen molar-refractivity contribution in [3.8, 4) is 0 Å². The minimum Gasteiger partial charge on any atom is -0.396 e. The van der Waals surface area contributed by atoms with Crippen LogP contribution in [0.4, 0.5) is 0 Å². The first-order chi connectivity index (χ1) is 10.6. The number of aryl methyl sites for hydroxylation is 1. The van der Waals surface area contributed by atoms with Crippen LogP contribution >= 0.6 is 11.6 Å². The summed E-state index contributed by atoms with van der Waals surface area (Å²) in [5.41, 5.74) is 1.44. The first-order valence-electron chi connectivity index (χ1n) is 7.78. The Morgan fingerprint density at radius 1 is 1.36 bits per heavy atom. The Morgan fingerprint density at radius 2 is 2.09 bits per heavy atom. The highest BCUT2D eigenvalue weighted by molar-refractivity contribution is 6.38. The maximum atomic E-state index is 12.7. The smallest absolute Gasteiger partial charge is 0.269 e. The van der Waals surface area contributed by atoms with Gasteiger partial charge in [0, 0.05) is 36.5 Å². The zero-order valence-electron chi connectivity index (χ0n) is 12.7. The van der Waals surface area contributed by atoms with Crippen LogP contribution in [0, 0.1) is 5.92 Å². The predicted octanol–water partition coefficient (Wildman–Crippen LogP) is 3.11. The lowest BCUT2D eigenvalue weighted by atomic mass is 9.85. The molecule has 2 N–H and O–H groups in total. The topological polar surface area (TPSA) is 54.3 Å². The third kappa shape index (κ3) is 2.61. The lowest BCUT2D eigenvalue weighted by Gasteiger charge is -2.30. The third-order valence-electron chi connectivity index (χ3n) is 4.72. The van der Waals surface area contributed by atoms with E-state index in [1.807, 2.05) is 35.9 Å². The van der Waals surface area contributed by atoms with Crippen molar-refractivity contribution >= 4 is 28.4 Å². The molecule has 1 aliphatic carbocycles. The zero-order valence-corrected chi connectivity index (χ0v) is 13.4. The van der Waals surface area contributed by atoms with Gasteiger partial charge in [-0.1, -0.05) is 42.6 Å². The van der Waals surface area contributed by atoms with Gasteiger partial charge >= 0.3 is 0 Å². The van der Waals surface area contributed by atoms with E-state index in [9.17, 15) is 9.90 Å². The van der Waals surface area contributed by atoms with E-state index >= 15 is 0 Å². The van der Waals surface area contributed by atoms with Gasteiger partial charge in [-0.2, -0.15) is 0 Å². The first kappa shape index (κ1) is 15.4. The Hall–Kier alpha value is -1.52. The van der Waals surface area contributed by atoms with Crippen LogP contribution in [0.3, 0.4) is 0 Å². The number of hydrogen-bond donors (Lipinski definition) is 2. The third-order valence-corrected chi connectivity index (χ3v) is 5.10. The van der Waals surface area contributed by atoms with Crippen molar-refractivity contribution in [2.45, 2.75) is 31.7 Å². The molecule has 1 amide bonds. The van der Waals surface area contributed by atoms with Crippen LogP contribution in [0.15, 0.2) is 24.3 Å². The molecule has 5 heteroatoms. The number of halogens is 1. The lowest BCUT2D eigenvalue weighted by Crippen LogP contribution is -2.44. The fourth-order valence-electron chi connectivity index (χ4n) is 3.45. The maximum absolute atomic E-state index is 12.7. The second kappa shape index (κ2) is 6.31. The standard InChI is InChI=1S/C17H21ClN2O2/c1-20-14-9-5-3-7-12(14)15(18)16(20)17(22)19-13-8-4-2-6-11(13)10-21/h3,5,7,9,11,13,21H,2,4,6,8,10H2,1H3,(H,19,22). The molecule has 1 heterocycles. The highest BCUT2D eigenvalue weighted by atomic mass is 35.5. The number of hydrogen-bond acceptors (Lipinski definition) is 2. The van der Waals surface area contributed by atoms with Gasteiger partial charge in [0.1, 0.15) is 5.69 Å². The Kier molecular flexibility index (Phi) is 4.41. The van der Waals surface area contributed by atoms with Crippen LogP contribution < -0.4 is 5.32 Å². The van der Waals surface area contributed by atoms with Crippen molar-refractivity contribution in [1.29, 1.82) is 0 Å². The number of aliphatic hydroxyl groups excluding tert-OH is 1. The van der Waals surface area contributed by atoms with Gasteiger partial charge in [-0.15, -0.1) is 0 Å². The molecule has 1 aliphatic rings.